The summed E-state index contributed by atoms with van der Waals surface area (Å²) in [5, 5.41) is 0.0162. The van der Waals surface area contributed by atoms with Crippen molar-refractivity contribution in [2.45, 2.75) is 46.9 Å². The molecular formula is C10H21B3. The molecule has 0 aromatic carbocycles. The molecule has 4 radical (unpaired) electrons. The average Bonchev–Trinajstić information content (AvgIpc) is 1.82. The lowest BCUT2D eigenvalue weighted by Gasteiger charge is -2.43. The Kier molecular flexibility index (Phi) is 4.69. The van der Waals surface area contributed by atoms with Crippen LogP contribution in [0, 0.1) is 17.8 Å². The number of hydrogen-bond acceptors (Lipinski definition) is 0. The quantitative estimate of drug-likeness (QED) is 0.574. The van der Waals surface area contributed by atoms with Gasteiger partial charge < -0.3 is 0 Å². The van der Waals surface area contributed by atoms with Crippen molar-refractivity contribution < 1.29 is 0 Å². The fourth-order valence-electron chi connectivity index (χ4n) is 2.71. The molecule has 0 fully saturated rings. The molecule has 0 rings (SSSR count). The lowest BCUT2D eigenvalue weighted by Crippen LogP contribution is -2.40. The molecule has 0 heterocycles. The van der Waals surface area contributed by atoms with Crippen LogP contribution in [-0.2, 0) is 0 Å². The lowest BCUT2D eigenvalue weighted by molar-refractivity contribution is 0.223. The van der Waals surface area contributed by atoms with E-state index in [9.17, 15) is 0 Å². The van der Waals surface area contributed by atoms with Crippen molar-refractivity contribution >= 4 is 22.0 Å². The van der Waals surface area contributed by atoms with Crippen molar-refractivity contribution in [1.29, 1.82) is 0 Å². The minimum Gasteiger partial charge on any atom is -0.0700 e. The molecule has 0 amide bonds. The molecule has 0 bridgehead atoms. The first-order valence-electron chi connectivity index (χ1n) is 5.22. The Morgan fingerprint density at radius 1 is 0.923 bits per heavy atom. The average molecular weight is 174 g/mol. The zero-order chi connectivity index (χ0) is 10.8. The second kappa shape index (κ2) is 4.62. The van der Waals surface area contributed by atoms with Gasteiger partial charge >= 0.3 is 0 Å². The fourth-order valence-corrected chi connectivity index (χ4v) is 2.71. The maximum atomic E-state index is 5.82. The molecular weight excluding hydrogens is 153 g/mol. The lowest BCUT2D eigenvalue weighted by atomic mass is 9.09. The Balaban J connectivity index is 4.73. The molecule has 0 unspecified atom stereocenters. The maximum Gasteiger partial charge on any atom is 0.0528 e. The van der Waals surface area contributed by atoms with Crippen LogP contribution >= 0.6 is 0 Å². The smallest absolute Gasteiger partial charge is 0.0528 e. The van der Waals surface area contributed by atoms with Crippen LogP contribution in [-0.4, -0.2) is 22.0 Å². The molecule has 0 aromatic heterocycles. The first-order valence-corrected chi connectivity index (χ1v) is 5.22. The van der Waals surface area contributed by atoms with Gasteiger partial charge in [0, 0.05) is 15.5 Å². The molecule has 0 aliphatic heterocycles. The van der Waals surface area contributed by atoms with Gasteiger partial charge in [0.05, 0.1) is 6.49 Å². The highest BCUT2D eigenvalue weighted by molar-refractivity contribution is 7.30. The summed E-state index contributed by atoms with van der Waals surface area (Å²) in [5.41, 5.74) is 0. The summed E-state index contributed by atoms with van der Waals surface area (Å²) in [6.45, 7) is 13.1. The monoisotopic (exact) mass is 174 g/mol. The van der Waals surface area contributed by atoms with Gasteiger partial charge in [0.25, 0.3) is 0 Å². The van der Waals surface area contributed by atoms with Crippen molar-refractivity contribution in [3.8, 4) is 0 Å². The molecule has 0 saturated heterocycles. The van der Waals surface area contributed by atoms with E-state index in [2.05, 4.69) is 41.5 Å². The van der Waals surface area contributed by atoms with Gasteiger partial charge in [0.1, 0.15) is 0 Å². The highest BCUT2D eigenvalue weighted by atomic mass is 14.3. The molecule has 13 heavy (non-hydrogen) atoms. The van der Waals surface area contributed by atoms with Gasteiger partial charge in [0.15, 0.2) is 0 Å². The standard InChI is InChI=1S/C10H21B3/c1-7(2)9(8(3)4)10(5,6)13(11)12/h7-9H,1-6H3. The molecule has 0 atom stereocenters. The first-order chi connectivity index (χ1) is 5.71. The van der Waals surface area contributed by atoms with Gasteiger partial charge in [-0.15, -0.1) is 0 Å². The Morgan fingerprint density at radius 2 is 1.23 bits per heavy atom. The topological polar surface area (TPSA) is 0 Å². The van der Waals surface area contributed by atoms with Crippen LogP contribution in [0.3, 0.4) is 0 Å². The van der Waals surface area contributed by atoms with E-state index in [-0.39, 0.29) is 11.8 Å². The minimum absolute atomic E-state index is 0.0162. The van der Waals surface area contributed by atoms with Gasteiger partial charge in [-0.05, 0) is 17.8 Å². The second-order valence-electron chi connectivity index (χ2n) is 5.36. The summed E-state index contributed by atoms with van der Waals surface area (Å²) >= 11 is 0. The van der Waals surface area contributed by atoms with E-state index < -0.39 is 0 Å². The van der Waals surface area contributed by atoms with Crippen LogP contribution in [0.15, 0.2) is 0 Å². The van der Waals surface area contributed by atoms with E-state index in [4.69, 9.17) is 15.5 Å². The third kappa shape index (κ3) is 3.11. The summed E-state index contributed by atoms with van der Waals surface area (Å²) in [6, 6.07) is 0. The molecule has 0 saturated carbocycles. The van der Waals surface area contributed by atoms with E-state index in [0.29, 0.717) is 17.8 Å². The van der Waals surface area contributed by atoms with E-state index in [1.807, 2.05) is 0 Å². The van der Waals surface area contributed by atoms with Crippen molar-refractivity contribution in [2.24, 2.45) is 17.8 Å². The second-order valence-corrected chi connectivity index (χ2v) is 5.36. The Morgan fingerprint density at radius 3 is 1.31 bits per heavy atom. The van der Waals surface area contributed by atoms with Crippen LogP contribution in [0.25, 0.3) is 0 Å². The van der Waals surface area contributed by atoms with Gasteiger partial charge in [-0.25, -0.2) is 0 Å². The summed E-state index contributed by atoms with van der Waals surface area (Å²) in [5.74, 6) is 1.83. The zero-order valence-corrected chi connectivity index (χ0v) is 9.96. The Labute approximate surface area is 87.1 Å². The van der Waals surface area contributed by atoms with E-state index in [1.165, 1.54) is 0 Å². The minimum atomic E-state index is -0.234. The SMILES string of the molecule is [B]B([B])C(C)(C)C(C(C)C)C(C)C. The summed E-state index contributed by atoms with van der Waals surface area (Å²) in [7, 11) is 11.6. The summed E-state index contributed by atoms with van der Waals surface area (Å²) in [4.78, 5) is 0. The molecule has 3 heteroatoms. The van der Waals surface area contributed by atoms with Crippen molar-refractivity contribution in [1.82, 2.24) is 0 Å². The van der Waals surface area contributed by atoms with Gasteiger partial charge in [-0.2, -0.15) is 0 Å². The Bertz CT molecular complexity index is 142. The van der Waals surface area contributed by atoms with E-state index >= 15 is 0 Å². The number of rotatable bonds is 4. The van der Waals surface area contributed by atoms with Gasteiger partial charge in [-0.1, -0.05) is 46.9 Å². The van der Waals surface area contributed by atoms with Crippen LogP contribution in [0.5, 0.6) is 0 Å². The number of hydrogen-bond donors (Lipinski definition) is 0. The van der Waals surface area contributed by atoms with Crippen LogP contribution in [0.4, 0.5) is 0 Å². The van der Waals surface area contributed by atoms with Crippen LogP contribution < -0.4 is 0 Å². The van der Waals surface area contributed by atoms with E-state index in [0.717, 1.165) is 0 Å². The summed E-state index contributed by atoms with van der Waals surface area (Å²) < 4.78 is 0. The molecule has 0 aliphatic rings. The molecule has 0 spiro atoms. The molecule has 70 valence electrons. The highest BCUT2D eigenvalue weighted by Crippen LogP contribution is 2.44. The van der Waals surface area contributed by atoms with Crippen molar-refractivity contribution in [3.05, 3.63) is 0 Å². The first kappa shape index (κ1) is 13.2. The Hall–Kier alpha value is 0.195. The summed E-state index contributed by atoms with van der Waals surface area (Å²) in [6.07, 6.45) is 0. The predicted octanol–water partition coefficient (Wildman–Crippen LogP) is 2.52. The third-order valence-electron chi connectivity index (χ3n) is 3.15. The normalized spacial score (nSPS) is 13.0. The maximum absolute atomic E-state index is 5.82. The molecule has 0 aliphatic carbocycles. The van der Waals surface area contributed by atoms with Crippen molar-refractivity contribution in [2.75, 3.05) is 0 Å². The van der Waals surface area contributed by atoms with Gasteiger partial charge in [-0.3, -0.25) is 0 Å². The van der Waals surface area contributed by atoms with E-state index in [1.54, 1.807) is 0 Å². The molecule has 0 nitrogen and oxygen atoms in total. The zero-order valence-electron chi connectivity index (χ0n) is 9.96. The fraction of sp³-hybridized carbons (Fsp3) is 1.00. The van der Waals surface area contributed by atoms with Crippen molar-refractivity contribution in [3.63, 3.8) is 0 Å². The largest absolute Gasteiger partial charge is 0.0700 e. The highest BCUT2D eigenvalue weighted by Gasteiger charge is 2.36. The predicted molar refractivity (Wildman–Crippen MR) is 64.5 cm³/mol. The van der Waals surface area contributed by atoms with Gasteiger partial charge in [0.2, 0.25) is 0 Å². The molecule has 0 N–H and O–H groups in total. The van der Waals surface area contributed by atoms with Crippen LogP contribution in [0.2, 0.25) is 5.31 Å². The van der Waals surface area contributed by atoms with Crippen LogP contribution in [0.1, 0.15) is 41.5 Å². The molecule has 0 aromatic rings. The third-order valence-corrected chi connectivity index (χ3v) is 3.15.